The first-order valence-corrected chi connectivity index (χ1v) is 8.01. The van der Waals surface area contributed by atoms with Crippen LogP contribution in [0.25, 0.3) is 0 Å². The van der Waals surface area contributed by atoms with E-state index in [9.17, 15) is 0 Å². The Balaban J connectivity index is 1.61. The van der Waals surface area contributed by atoms with Crippen LogP contribution < -0.4 is 5.32 Å². The zero-order valence-electron chi connectivity index (χ0n) is 10.7. The fourth-order valence-electron chi connectivity index (χ4n) is 2.94. The van der Waals surface area contributed by atoms with Gasteiger partial charge in [0.15, 0.2) is 0 Å². The van der Waals surface area contributed by atoms with E-state index < -0.39 is 0 Å². The second-order valence-corrected chi connectivity index (χ2v) is 6.66. The maximum Gasteiger partial charge on any atom is 0.00781 e. The predicted molar refractivity (Wildman–Crippen MR) is 73.2 cm³/mol. The standard InChI is InChI=1S/C13H26N2S/c1-15-7-5-11(6-8-15)10-14-12-3-4-13(9-12)16-2/h11-14H,3-10H2,1-2H3. The maximum atomic E-state index is 3.80. The van der Waals surface area contributed by atoms with Gasteiger partial charge in [0.1, 0.15) is 0 Å². The summed E-state index contributed by atoms with van der Waals surface area (Å²) in [6.45, 7) is 3.86. The van der Waals surface area contributed by atoms with Gasteiger partial charge >= 0.3 is 0 Å². The third-order valence-corrected chi connectivity index (χ3v) is 5.35. The van der Waals surface area contributed by atoms with Gasteiger partial charge in [-0.05, 0) is 71.0 Å². The lowest BCUT2D eigenvalue weighted by molar-refractivity contribution is 0.212. The van der Waals surface area contributed by atoms with Crippen molar-refractivity contribution >= 4 is 11.8 Å². The molecular weight excluding hydrogens is 216 g/mol. The number of nitrogens with one attached hydrogen (secondary N) is 1. The molecule has 0 radical (unpaired) electrons. The van der Waals surface area contributed by atoms with Crippen molar-refractivity contribution in [1.82, 2.24) is 10.2 Å². The number of rotatable bonds is 4. The summed E-state index contributed by atoms with van der Waals surface area (Å²) < 4.78 is 0. The van der Waals surface area contributed by atoms with Gasteiger partial charge in [-0.25, -0.2) is 0 Å². The summed E-state index contributed by atoms with van der Waals surface area (Å²) in [4.78, 5) is 2.45. The molecule has 94 valence electrons. The Morgan fingerprint density at radius 1 is 1.19 bits per heavy atom. The quantitative estimate of drug-likeness (QED) is 0.814. The molecule has 2 nitrogen and oxygen atoms in total. The second-order valence-electron chi connectivity index (χ2n) is 5.52. The average Bonchev–Trinajstić information content (AvgIpc) is 2.76. The minimum absolute atomic E-state index is 0.817. The molecule has 0 aromatic heterocycles. The van der Waals surface area contributed by atoms with Crippen LogP contribution >= 0.6 is 11.8 Å². The highest BCUT2D eigenvalue weighted by atomic mass is 32.2. The molecule has 2 aliphatic rings. The van der Waals surface area contributed by atoms with E-state index in [2.05, 4.69) is 35.3 Å². The van der Waals surface area contributed by atoms with Crippen molar-refractivity contribution in [3.8, 4) is 0 Å². The number of piperidine rings is 1. The van der Waals surface area contributed by atoms with Crippen molar-refractivity contribution in [2.75, 3.05) is 32.9 Å². The number of likely N-dealkylation sites (tertiary alicyclic amines) is 1. The molecule has 2 fully saturated rings. The molecule has 1 aliphatic carbocycles. The highest BCUT2D eigenvalue weighted by Crippen LogP contribution is 2.28. The van der Waals surface area contributed by atoms with E-state index in [1.54, 1.807) is 0 Å². The van der Waals surface area contributed by atoms with Gasteiger partial charge in [-0.15, -0.1) is 0 Å². The molecule has 2 unspecified atom stereocenters. The molecule has 16 heavy (non-hydrogen) atoms. The minimum atomic E-state index is 0.817. The largest absolute Gasteiger partial charge is 0.314 e. The molecule has 1 saturated heterocycles. The number of hydrogen-bond donors (Lipinski definition) is 1. The van der Waals surface area contributed by atoms with Crippen LogP contribution in [-0.4, -0.2) is 49.1 Å². The average molecular weight is 242 g/mol. The van der Waals surface area contributed by atoms with Gasteiger partial charge in [0.2, 0.25) is 0 Å². The van der Waals surface area contributed by atoms with Crippen LogP contribution in [0.2, 0.25) is 0 Å². The van der Waals surface area contributed by atoms with Crippen molar-refractivity contribution in [1.29, 1.82) is 0 Å². The summed E-state index contributed by atoms with van der Waals surface area (Å²) in [6, 6.07) is 0.817. The fraction of sp³-hybridized carbons (Fsp3) is 1.00. The van der Waals surface area contributed by atoms with E-state index in [0.29, 0.717) is 0 Å². The van der Waals surface area contributed by atoms with Crippen LogP contribution in [0, 0.1) is 5.92 Å². The zero-order chi connectivity index (χ0) is 11.4. The smallest absolute Gasteiger partial charge is 0.00781 e. The Hall–Kier alpha value is 0.270. The van der Waals surface area contributed by atoms with Gasteiger partial charge in [-0.1, -0.05) is 0 Å². The lowest BCUT2D eigenvalue weighted by atomic mass is 9.97. The van der Waals surface area contributed by atoms with Crippen molar-refractivity contribution in [3.63, 3.8) is 0 Å². The Kier molecular flexibility index (Phi) is 4.98. The summed E-state index contributed by atoms with van der Waals surface area (Å²) in [5.41, 5.74) is 0. The number of thioether (sulfide) groups is 1. The monoisotopic (exact) mass is 242 g/mol. The number of nitrogens with zero attached hydrogens (tertiary/aromatic N) is 1. The van der Waals surface area contributed by atoms with Crippen molar-refractivity contribution in [2.24, 2.45) is 5.92 Å². The normalized spacial score (nSPS) is 33.4. The summed E-state index contributed by atoms with van der Waals surface area (Å²) in [5, 5.41) is 4.72. The maximum absolute atomic E-state index is 3.80. The van der Waals surface area contributed by atoms with Crippen molar-refractivity contribution < 1.29 is 0 Å². The first kappa shape index (κ1) is 12.7. The molecule has 3 heteroatoms. The van der Waals surface area contributed by atoms with Crippen molar-refractivity contribution in [2.45, 2.75) is 43.4 Å². The van der Waals surface area contributed by atoms with Crippen LogP contribution in [-0.2, 0) is 0 Å². The first-order valence-electron chi connectivity index (χ1n) is 6.72. The molecule has 1 N–H and O–H groups in total. The van der Waals surface area contributed by atoms with E-state index in [4.69, 9.17) is 0 Å². The molecule has 0 bridgehead atoms. The van der Waals surface area contributed by atoms with Crippen LogP contribution in [0.4, 0.5) is 0 Å². The van der Waals surface area contributed by atoms with E-state index in [0.717, 1.165) is 17.2 Å². The zero-order valence-corrected chi connectivity index (χ0v) is 11.6. The highest BCUT2D eigenvalue weighted by Gasteiger charge is 2.24. The van der Waals surface area contributed by atoms with Crippen LogP contribution in [0.3, 0.4) is 0 Å². The molecule has 0 spiro atoms. The fourth-order valence-corrected chi connectivity index (χ4v) is 3.74. The van der Waals surface area contributed by atoms with Gasteiger partial charge in [-0.3, -0.25) is 0 Å². The van der Waals surface area contributed by atoms with Crippen LogP contribution in [0.15, 0.2) is 0 Å². The Morgan fingerprint density at radius 2 is 1.94 bits per heavy atom. The summed E-state index contributed by atoms with van der Waals surface area (Å²) in [6.07, 6.45) is 9.26. The molecule has 0 aromatic rings. The molecule has 1 saturated carbocycles. The molecule has 1 aliphatic heterocycles. The molecule has 0 aromatic carbocycles. The van der Waals surface area contributed by atoms with Gasteiger partial charge in [0.05, 0.1) is 0 Å². The Labute approximate surface area is 105 Å². The predicted octanol–water partition coefficient (Wildman–Crippen LogP) is 2.20. The molecule has 2 atom stereocenters. The summed E-state index contributed by atoms with van der Waals surface area (Å²) >= 11 is 2.05. The third kappa shape index (κ3) is 3.64. The first-order chi connectivity index (χ1) is 7.78. The third-order valence-electron chi connectivity index (χ3n) is 4.25. The number of hydrogen-bond acceptors (Lipinski definition) is 3. The second kappa shape index (κ2) is 6.27. The highest BCUT2D eigenvalue weighted by molar-refractivity contribution is 7.99. The van der Waals surface area contributed by atoms with E-state index in [-0.39, 0.29) is 0 Å². The molecule has 0 amide bonds. The lowest BCUT2D eigenvalue weighted by Gasteiger charge is -2.29. The Morgan fingerprint density at radius 3 is 2.56 bits per heavy atom. The molecule has 1 heterocycles. The van der Waals surface area contributed by atoms with E-state index in [1.165, 1.54) is 51.7 Å². The summed E-state index contributed by atoms with van der Waals surface area (Å²) in [5.74, 6) is 0.935. The van der Waals surface area contributed by atoms with Gasteiger partial charge in [-0.2, -0.15) is 11.8 Å². The molecular formula is C13H26N2S. The van der Waals surface area contributed by atoms with Gasteiger partial charge in [0.25, 0.3) is 0 Å². The van der Waals surface area contributed by atoms with Gasteiger partial charge in [0, 0.05) is 11.3 Å². The topological polar surface area (TPSA) is 15.3 Å². The van der Waals surface area contributed by atoms with Crippen LogP contribution in [0.1, 0.15) is 32.1 Å². The SMILES string of the molecule is CSC1CCC(NCC2CCN(C)CC2)C1. The minimum Gasteiger partial charge on any atom is -0.314 e. The molecule has 2 rings (SSSR count). The lowest BCUT2D eigenvalue weighted by Crippen LogP contribution is -2.37. The van der Waals surface area contributed by atoms with Crippen LogP contribution in [0.5, 0.6) is 0 Å². The van der Waals surface area contributed by atoms with E-state index >= 15 is 0 Å². The van der Waals surface area contributed by atoms with E-state index in [1.807, 2.05) is 0 Å². The summed E-state index contributed by atoms with van der Waals surface area (Å²) in [7, 11) is 2.24. The Bertz CT molecular complexity index is 200. The van der Waals surface area contributed by atoms with Crippen molar-refractivity contribution in [3.05, 3.63) is 0 Å². The van der Waals surface area contributed by atoms with Gasteiger partial charge < -0.3 is 10.2 Å².